The third kappa shape index (κ3) is 5.43. The maximum atomic E-state index is 12.7. The molecule has 0 amide bonds. The van der Waals surface area contributed by atoms with Gasteiger partial charge in [0.15, 0.2) is 0 Å². The third-order valence-corrected chi connectivity index (χ3v) is 7.11. The molecule has 0 bridgehead atoms. The van der Waals surface area contributed by atoms with Gasteiger partial charge in [0.1, 0.15) is 11.8 Å². The zero-order valence-electron chi connectivity index (χ0n) is 19.8. The molecule has 0 fully saturated rings. The van der Waals surface area contributed by atoms with E-state index in [9.17, 15) is 18.5 Å². The minimum Gasteiger partial charge on any atom is -0.461 e. The summed E-state index contributed by atoms with van der Waals surface area (Å²) in [4.78, 5) is 12.7. The summed E-state index contributed by atoms with van der Waals surface area (Å²) in [5.41, 5.74) is 3.93. The van der Waals surface area contributed by atoms with Crippen molar-refractivity contribution in [3.05, 3.63) is 76.6 Å². The first-order chi connectivity index (χ1) is 16.8. The lowest BCUT2D eigenvalue weighted by Gasteiger charge is -2.09. The standard InChI is InChI=1S/C26H26N4O4S/c1-4-23-22(17-28)24(25(30(23)3)26(31)34-5-2)20-11-9-18(10-12-20)13-14-29-35(32,33)21-8-6-7-19(15-21)16-27/h6-12,15,29H,4-5,13-14H2,1-3H3. The molecule has 0 aliphatic heterocycles. The van der Waals surface area contributed by atoms with Crippen LogP contribution in [0.25, 0.3) is 11.1 Å². The van der Waals surface area contributed by atoms with E-state index in [1.165, 1.54) is 18.2 Å². The number of carbonyl (C=O) groups is 1. The molecule has 1 aromatic heterocycles. The minimum absolute atomic E-state index is 0.0400. The van der Waals surface area contributed by atoms with E-state index in [0.29, 0.717) is 35.2 Å². The molecule has 0 radical (unpaired) electrons. The van der Waals surface area contributed by atoms with Crippen LogP contribution in [-0.2, 0) is 34.6 Å². The van der Waals surface area contributed by atoms with E-state index in [4.69, 9.17) is 10.00 Å². The van der Waals surface area contributed by atoms with Gasteiger partial charge in [-0.2, -0.15) is 10.5 Å². The normalized spacial score (nSPS) is 11.0. The Kier molecular flexibility index (Phi) is 8.08. The molecule has 35 heavy (non-hydrogen) atoms. The molecule has 1 N–H and O–H groups in total. The molecule has 3 rings (SSSR count). The fourth-order valence-corrected chi connectivity index (χ4v) is 5.05. The SMILES string of the molecule is CCOC(=O)c1c(-c2ccc(CCNS(=O)(=O)c3cccc(C#N)c3)cc2)c(C#N)c(CC)n1C. The highest BCUT2D eigenvalue weighted by Gasteiger charge is 2.26. The van der Waals surface area contributed by atoms with Crippen molar-refractivity contribution in [2.45, 2.75) is 31.6 Å². The van der Waals surface area contributed by atoms with Crippen LogP contribution in [0.2, 0.25) is 0 Å². The lowest BCUT2D eigenvalue weighted by Crippen LogP contribution is -2.26. The molecule has 8 nitrogen and oxygen atoms in total. The minimum atomic E-state index is -3.74. The number of sulfonamides is 1. The van der Waals surface area contributed by atoms with Gasteiger partial charge in [-0.3, -0.25) is 0 Å². The average Bonchev–Trinajstić information content (AvgIpc) is 3.15. The Morgan fingerprint density at radius 2 is 1.80 bits per heavy atom. The number of nitrogens with zero attached hydrogens (tertiary/aromatic N) is 3. The third-order valence-electron chi connectivity index (χ3n) is 5.65. The van der Waals surface area contributed by atoms with Crippen molar-refractivity contribution in [1.29, 1.82) is 10.5 Å². The number of esters is 1. The van der Waals surface area contributed by atoms with Gasteiger partial charge in [-0.1, -0.05) is 37.3 Å². The molecule has 3 aromatic rings. The first-order valence-electron chi connectivity index (χ1n) is 11.1. The molecule has 0 unspecified atom stereocenters. The molecule has 0 saturated heterocycles. The summed E-state index contributed by atoms with van der Waals surface area (Å²) < 4.78 is 34.5. The summed E-state index contributed by atoms with van der Waals surface area (Å²) in [5, 5.41) is 18.8. The summed E-state index contributed by atoms with van der Waals surface area (Å²) in [5.74, 6) is -0.486. The Morgan fingerprint density at radius 1 is 1.09 bits per heavy atom. The molecule has 9 heteroatoms. The summed E-state index contributed by atoms with van der Waals surface area (Å²) >= 11 is 0. The highest BCUT2D eigenvalue weighted by Crippen LogP contribution is 2.33. The van der Waals surface area contributed by atoms with Crippen molar-refractivity contribution in [2.24, 2.45) is 7.05 Å². The Bertz CT molecular complexity index is 1430. The van der Waals surface area contributed by atoms with Gasteiger partial charge in [-0.05, 0) is 49.1 Å². The number of rotatable bonds is 9. The molecule has 1 heterocycles. The second-order valence-electron chi connectivity index (χ2n) is 7.77. The highest BCUT2D eigenvalue weighted by atomic mass is 32.2. The average molecular weight is 491 g/mol. The number of benzene rings is 2. The topological polar surface area (TPSA) is 125 Å². The van der Waals surface area contributed by atoms with Crippen LogP contribution in [0.1, 0.15) is 46.7 Å². The van der Waals surface area contributed by atoms with Crippen LogP contribution >= 0.6 is 0 Å². The van der Waals surface area contributed by atoms with Gasteiger partial charge in [0.25, 0.3) is 0 Å². The van der Waals surface area contributed by atoms with Gasteiger partial charge in [0, 0.05) is 24.8 Å². The van der Waals surface area contributed by atoms with Gasteiger partial charge < -0.3 is 9.30 Å². The van der Waals surface area contributed by atoms with Crippen LogP contribution in [0.15, 0.2) is 53.4 Å². The molecule has 0 saturated carbocycles. The van der Waals surface area contributed by atoms with Gasteiger partial charge in [-0.15, -0.1) is 0 Å². The van der Waals surface area contributed by atoms with Crippen LogP contribution in [0.4, 0.5) is 0 Å². The lowest BCUT2D eigenvalue weighted by atomic mass is 9.98. The van der Waals surface area contributed by atoms with E-state index in [-0.39, 0.29) is 23.6 Å². The maximum Gasteiger partial charge on any atom is 0.355 e. The van der Waals surface area contributed by atoms with Crippen molar-refractivity contribution in [3.8, 4) is 23.3 Å². The van der Waals surface area contributed by atoms with E-state index >= 15 is 0 Å². The van der Waals surface area contributed by atoms with E-state index < -0.39 is 16.0 Å². The van der Waals surface area contributed by atoms with Crippen LogP contribution < -0.4 is 4.72 Å². The number of hydrogen-bond donors (Lipinski definition) is 1. The van der Waals surface area contributed by atoms with Crippen LogP contribution in [0.3, 0.4) is 0 Å². The number of hydrogen-bond acceptors (Lipinski definition) is 6. The van der Waals surface area contributed by atoms with Crippen molar-refractivity contribution in [1.82, 2.24) is 9.29 Å². The van der Waals surface area contributed by atoms with Crippen LogP contribution in [0.5, 0.6) is 0 Å². The van der Waals surface area contributed by atoms with Gasteiger partial charge in [-0.25, -0.2) is 17.9 Å². The highest BCUT2D eigenvalue weighted by molar-refractivity contribution is 7.89. The molecule has 180 valence electrons. The molecule has 0 aliphatic carbocycles. The van der Waals surface area contributed by atoms with Gasteiger partial charge in [0.2, 0.25) is 10.0 Å². The molecule has 0 aliphatic rings. The van der Waals surface area contributed by atoms with E-state index in [1.807, 2.05) is 37.3 Å². The van der Waals surface area contributed by atoms with E-state index in [1.54, 1.807) is 24.6 Å². The molecular weight excluding hydrogens is 464 g/mol. The summed E-state index contributed by atoms with van der Waals surface area (Å²) in [6.07, 6.45) is 1.02. The summed E-state index contributed by atoms with van der Waals surface area (Å²) in [6, 6.07) is 17.3. The van der Waals surface area contributed by atoms with Crippen molar-refractivity contribution in [2.75, 3.05) is 13.2 Å². The van der Waals surface area contributed by atoms with Gasteiger partial charge >= 0.3 is 5.97 Å². The monoisotopic (exact) mass is 490 g/mol. The van der Waals surface area contributed by atoms with Crippen LogP contribution in [-0.4, -0.2) is 32.1 Å². The maximum absolute atomic E-state index is 12.7. The van der Waals surface area contributed by atoms with Crippen molar-refractivity contribution in [3.63, 3.8) is 0 Å². The Hall–Kier alpha value is -3.92. The number of nitrogens with one attached hydrogen (secondary N) is 1. The first-order valence-corrected chi connectivity index (χ1v) is 12.6. The zero-order valence-corrected chi connectivity index (χ0v) is 20.6. The quantitative estimate of drug-likeness (QED) is 0.456. The fourth-order valence-electron chi connectivity index (χ4n) is 3.97. The predicted molar refractivity (Wildman–Crippen MR) is 131 cm³/mol. The molecule has 0 atom stereocenters. The summed E-state index contributed by atoms with van der Waals surface area (Å²) in [6.45, 7) is 4.05. The smallest absolute Gasteiger partial charge is 0.355 e. The number of nitriles is 2. The molecule has 2 aromatic carbocycles. The Labute approximate surface area is 205 Å². The number of ether oxygens (including phenoxy) is 1. The lowest BCUT2D eigenvalue weighted by molar-refractivity contribution is 0.0516. The van der Waals surface area contributed by atoms with Crippen molar-refractivity contribution >= 4 is 16.0 Å². The zero-order chi connectivity index (χ0) is 25.6. The number of aromatic nitrogens is 1. The second kappa shape index (κ2) is 11.0. The van der Waals surface area contributed by atoms with E-state index in [0.717, 1.165) is 11.3 Å². The number of carbonyl (C=O) groups excluding carboxylic acids is 1. The summed E-state index contributed by atoms with van der Waals surface area (Å²) in [7, 11) is -1.99. The Balaban J connectivity index is 1.81. The molecular formula is C26H26N4O4S. The van der Waals surface area contributed by atoms with Crippen molar-refractivity contribution < 1.29 is 17.9 Å². The van der Waals surface area contributed by atoms with Crippen LogP contribution in [0, 0.1) is 22.7 Å². The molecule has 0 spiro atoms. The second-order valence-corrected chi connectivity index (χ2v) is 9.54. The first kappa shape index (κ1) is 25.7. The fraction of sp³-hybridized carbons (Fsp3) is 0.269. The predicted octanol–water partition coefficient (Wildman–Crippen LogP) is 3.70. The largest absolute Gasteiger partial charge is 0.461 e. The van der Waals surface area contributed by atoms with E-state index in [2.05, 4.69) is 10.8 Å². The van der Waals surface area contributed by atoms with Gasteiger partial charge in [0.05, 0.1) is 28.7 Å². The Morgan fingerprint density at radius 3 is 2.40 bits per heavy atom.